The van der Waals surface area contributed by atoms with Gasteiger partial charge in [-0.05, 0) is 36.6 Å². The number of nitrogens with one attached hydrogen (secondary N) is 2. The van der Waals surface area contributed by atoms with Gasteiger partial charge in [0.15, 0.2) is 5.69 Å². The number of aromatic amines is 1. The highest BCUT2D eigenvalue weighted by molar-refractivity contribution is 6.00. The Morgan fingerprint density at radius 3 is 2.52 bits per heavy atom. The Bertz CT molecular complexity index is 747. The largest absolute Gasteiger partial charge is 0.291 e. The van der Waals surface area contributed by atoms with Crippen molar-refractivity contribution in [3.8, 4) is 0 Å². The minimum absolute atomic E-state index is 0.00308. The first-order valence-electron chi connectivity index (χ1n) is 7.03. The van der Waals surface area contributed by atoms with Crippen molar-refractivity contribution in [3.63, 3.8) is 0 Å². The fourth-order valence-electron chi connectivity index (χ4n) is 1.83. The third kappa shape index (κ3) is 4.00. The second kappa shape index (κ2) is 6.82. The molecule has 2 rings (SSSR count). The summed E-state index contributed by atoms with van der Waals surface area (Å²) in [5.74, 6) is -0.177. The molecular weight excluding hydrogens is 298 g/mol. The Morgan fingerprint density at radius 2 is 2.00 bits per heavy atom. The molecule has 8 nitrogen and oxygen atoms in total. The van der Waals surface area contributed by atoms with Crippen molar-refractivity contribution in [1.29, 1.82) is 0 Å². The van der Waals surface area contributed by atoms with Gasteiger partial charge in [0.25, 0.3) is 11.6 Å². The summed E-state index contributed by atoms with van der Waals surface area (Å²) in [7, 11) is 0. The van der Waals surface area contributed by atoms with E-state index in [1.54, 1.807) is 25.1 Å². The van der Waals surface area contributed by atoms with Gasteiger partial charge in [0.2, 0.25) is 0 Å². The van der Waals surface area contributed by atoms with Crippen LogP contribution in [0.25, 0.3) is 0 Å². The number of H-pyrrole nitrogens is 1. The Morgan fingerprint density at radius 1 is 1.35 bits per heavy atom. The normalized spacial score (nSPS) is 11.6. The number of hydrazone groups is 1. The Kier molecular flexibility index (Phi) is 4.85. The van der Waals surface area contributed by atoms with Crippen molar-refractivity contribution in [1.82, 2.24) is 15.6 Å². The van der Waals surface area contributed by atoms with Crippen LogP contribution in [0.2, 0.25) is 0 Å². The monoisotopic (exact) mass is 315 g/mol. The van der Waals surface area contributed by atoms with Gasteiger partial charge in [-0.25, -0.2) is 5.43 Å². The number of nitrogens with zero attached hydrogens (tertiary/aromatic N) is 3. The molecule has 0 aliphatic heterocycles. The van der Waals surface area contributed by atoms with Gasteiger partial charge in [-0.1, -0.05) is 13.8 Å². The van der Waals surface area contributed by atoms with E-state index in [-0.39, 0.29) is 17.3 Å². The number of carbonyl (C=O) groups excluding carboxylic acids is 1. The number of benzene rings is 1. The Labute approximate surface area is 132 Å². The van der Waals surface area contributed by atoms with Gasteiger partial charge >= 0.3 is 0 Å². The minimum atomic E-state index is -0.470. The maximum atomic E-state index is 12.0. The second-order valence-electron chi connectivity index (χ2n) is 5.31. The van der Waals surface area contributed by atoms with Crippen molar-refractivity contribution < 1.29 is 9.72 Å². The van der Waals surface area contributed by atoms with Gasteiger partial charge < -0.3 is 0 Å². The van der Waals surface area contributed by atoms with E-state index >= 15 is 0 Å². The van der Waals surface area contributed by atoms with Gasteiger partial charge in [0.05, 0.1) is 10.6 Å². The fourth-order valence-corrected chi connectivity index (χ4v) is 1.83. The predicted octanol–water partition coefficient (Wildman–Crippen LogP) is 2.60. The number of rotatable bonds is 5. The van der Waals surface area contributed by atoms with Crippen LogP contribution in [0.5, 0.6) is 0 Å². The maximum absolute atomic E-state index is 12.0. The third-order valence-corrected chi connectivity index (χ3v) is 3.27. The van der Waals surface area contributed by atoms with E-state index in [1.165, 1.54) is 12.1 Å². The Balaban J connectivity index is 2.05. The first kappa shape index (κ1) is 16.3. The van der Waals surface area contributed by atoms with Crippen molar-refractivity contribution >= 4 is 17.3 Å². The molecule has 1 aromatic heterocycles. The molecule has 0 saturated heterocycles. The minimum Gasteiger partial charge on any atom is -0.282 e. The fraction of sp³-hybridized carbons (Fsp3) is 0.267. The molecule has 0 spiro atoms. The van der Waals surface area contributed by atoms with Crippen LogP contribution in [0.1, 0.15) is 48.4 Å². The van der Waals surface area contributed by atoms with Gasteiger partial charge in [0.1, 0.15) is 0 Å². The zero-order chi connectivity index (χ0) is 17.0. The highest BCUT2D eigenvalue weighted by atomic mass is 16.6. The van der Waals surface area contributed by atoms with Crippen LogP contribution in [0.3, 0.4) is 0 Å². The molecule has 1 aromatic carbocycles. The van der Waals surface area contributed by atoms with Crippen molar-refractivity contribution in [2.24, 2.45) is 5.10 Å². The van der Waals surface area contributed by atoms with E-state index in [0.717, 1.165) is 5.69 Å². The number of non-ortho nitro benzene ring substituents is 1. The number of carbonyl (C=O) groups is 1. The SMILES string of the molecule is CC(=NNC(=O)c1cc(C(C)C)[nH]n1)c1ccc([N+](=O)[O-])cc1. The summed E-state index contributed by atoms with van der Waals surface area (Å²) in [5.41, 5.74) is 4.76. The van der Waals surface area contributed by atoms with E-state index in [9.17, 15) is 14.9 Å². The highest BCUT2D eigenvalue weighted by Gasteiger charge is 2.12. The zero-order valence-corrected chi connectivity index (χ0v) is 13.0. The van der Waals surface area contributed by atoms with Gasteiger partial charge in [-0.2, -0.15) is 10.2 Å². The van der Waals surface area contributed by atoms with Crippen LogP contribution in [-0.2, 0) is 0 Å². The molecule has 0 bridgehead atoms. The maximum Gasteiger partial charge on any atom is 0.291 e. The molecule has 0 aliphatic rings. The molecule has 8 heteroatoms. The molecule has 1 heterocycles. The lowest BCUT2D eigenvalue weighted by atomic mass is 10.1. The number of amides is 1. The topological polar surface area (TPSA) is 113 Å². The standard InChI is InChI=1S/C15H17N5O3/c1-9(2)13-8-14(18-17-13)15(21)19-16-10(3)11-4-6-12(7-5-11)20(22)23/h4-9H,1-3H3,(H,17,18)(H,19,21). The molecule has 0 fully saturated rings. The number of nitro groups is 1. The van der Waals surface area contributed by atoms with E-state index in [0.29, 0.717) is 11.3 Å². The van der Waals surface area contributed by atoms with E-state index in [1.807, 2.05) is 13.8 Å². The molecule has 1 amide bonds. The summed E-state index contributed by atoms with van der Waals surface area (Å²) in [6.07, 6.45) is 0. The number of nitro benzene ring substituents is 1. The smallest absolute Gasteiger partial charge is 0.282 e. The molecule has 0 saturated carbocycles. The highest BCUT2D eigenvalue weighted by Crippen LogP contribution is 2.13. The zero-order valence-electron chi connectivity index (χ0n) is 13.0. The van der Waals surface area contributed by atoms with Crippen molar-refractivity contribution in [3.05, 3.63) is 57.4 Å². The van der Waals surface area contributed by atoms with E-state index in [2.05, 4.69) is 20.7 Å². The summed E-state index contributed by atoms with van der Waals surface area (Å²) >= 11 is 0. The number of hydrogen-bond donors (Lipinski definition) is 2. The molecule has 23 heavy (non-hydrogen) atoms. The average Bonchev–Trinajstić information content (AvgIpc) is 3.02. The molecule has 0 atom stereocenters. The summed E-state index contributed by atoms with van der Waals surface area (Å²) in [6, 6.07) is 7.61. The lowest BCUT2D eigenvalue weighted by Crippen LogP contribution is -2.19. The van der Waals surface area contributed by atoms with Gasteiger partial charge in [-0.3, -0.25) is 20.0 Å². The van der Waals surface area contributed by atoms with Gasteiger partial charge in [-0.15, -0.1) is 0 Å². The number of hydrogen-bond acceptors (Lipinski definition) is 5. The third-order valence-electron chi connectivity index (χ3n) is 3.27. The average molecular weight is 315 g/mol. The van der Waals surface area contributed by atoms with Crippen molar-refractivity contribution in [2.45, 2.75) is 26.7 Å². The predicted molar refractivity (Wildman–Crippen MR) is 85.5 cm³/mol. The second-order valence-corrected chi connectivity index (χ2v) is 5.31. The van der Waals surface area contributed by atoms with Crippen LogP contribution >= 0.6 is 0 Å². The molecule has 2 N–H and O–H groups in total. The summed E-state index contributed by atoms with van der Waals surface area (Å²) in [5, 5.41) is 21.3. The summed E-state index contributed by atoms with van der Waals surface area (Å²) < 4.78 is 0. The lowest BCUT2D eigenvalue weighted by Gasteiger charge is -2.01. The van der Waals surface area contributed by atoms with Crippen LogP contribution in [0.4, 0.5) is 5.69 Å². The van der Waals surface area contributed by atoms with Crippen LogP contribution in [-0.4, -0.2) is 26.7 Å². The number of aromatic nitrogens is 2. The lowest BCUT2D eigenvalue weighted by molar-refractivity contribution is -0.384. The van der Waals surface area contributed by atoms with Crippen LogP contribution < -0.4 is 5.43 Å². The van der Waals surface area contributed by atoms with Gasteiger partial charge in [0, 0.05) is 17.8 Å². The Hall–Kier alpha value is -3.03. The first-order valence-corrected chi connectivity index (χ1v) is 7.03. The molecule has 2 aromatic rings. The summed E-state index contributed by atoms with van der Waals surface area (Å²) in [6.45, 7) is 5.68. The van der Waals surface area contributed by atoms with Crippen LogP contribution in [0.15, 0.2) is 35.4 Å². The first-order chi connectivity index (χ1) is 10.9. The molecule has 120 valence electrons. The molecule has 0 unspecified atom stereocenters. The quantitative estimate of drug-likeness (QED) is 0.501. The molecule has 0 radical (unpaired) electrons. The van der Waals surface area contributed by atoms with E-state index in [4.69, 9.17) is 0 Å². The van der Waals surface area contributed by atoms with Crippen LogP contribution in [0, 0.1) is 10.1 Å². The summed E-state index contributed by atoms with van der Waals surface area (Å²) in [4.78, 5) is 22.1. The van der Waals surface area contributed by atoms with Crippen molar-refractivity contribution in [2.75, 3.05) is 0 Å². The van der Waals surface area contributed by atoms with E-state index < -0.39 is 10.8 Å². The molecule has 0 aliphatic carbocycles. The molecular formula is C15H17N5O3.